The first kappa shape index (κ1) is 23.7. The number of rotatable bonds is 5. The summed E-state index contributed by atoms with van der Waals surface area (Å²) in [5.41, 5.74) is 5.92. The number of anilines is 2. The summed E-state index contributed by atoms with van der Waals surface area (Å²) in [6.45, 7) is 6.27. The van der Waals surface area contributed by atoms with E-state index in [0.29, 0.717) is 24.8 Å². The molecule has 0 radical (unpaired) electrons. The Morgan fingerprint density at radius 1 is 1.08 bits per heavy atom. The summed E-state index contributed by atoms with van der Waals surface area (Å²) in [4.78, 5) is 26.8. The van der Waals surface area contributed by atoms with Crippen molar-refractivity contribution < 1.29 is 19.0 Å². The molecule has 194 valence electrons. The Labute approximate surface area is 215 Å². The number of amides is 1. The summed E-state index contributed by atoms with van der Waals surface area (Å²) >= 11 is 0. The van der Waals surface area contributed by atoms with E-state index in [1.165, 1.54) is 6.26 Å². The lowest BCUT2D eigenvalue weighted by molar-refractivity contribution is -0.114. The molecule has 3 aromatic heterocycles. The smallest absolute Gasteiger partial charge is 0.275 e. The van der Waals surface area contributed by atoms with Gasteiger partial charge in [0.15, 0.2) is 6.23 Å². The number of aryl methyl sites for hydroxylation is 1. The van der Waals surface area contributed by atoms with Gasteiger partial charge in [0.05, 0.1) is 30.3 Å². The second kappa shape index (κ2) is 10.0. The summed E-state index contributed by atoms with van der Waals surface area (Å²) in [6, 6.07) is 5.94. The third kappa shape index (κ3) is 4.74. The third-order valence-electron chi connectivity index (χ3n) is 7.31. The van der Waals surface area contributed by atoms with Crippen molar-refractivity contribution in [3.63, 3.8) is 0 Å². The van der Waals surface area contributed by atoms with Gasteiger partial charge in [0.1, 0.15) is 17.6 Å². The van der Waals surface area contributed by atoms with Gasteiger partial charge in [-0.05, 0) is 31.9 Å². The van der Waals surface area contributed by atoms with Crippen LogP contribution in [0, 0.1) is 6.92 Å². The molecule has 6 rings (SSSR count). The second-order valence-corrected chi connectivity index (χ2v) is 9.78. The van der Waals surface area contributed by atoms with Gasteiger partial charge in [-0.2, -0.15) is 0 Å². The standard InChI is InChI=1S/C27H32N6O4/c1-18-13-20(3-6-28-18)27-31(2)24(17-37-27)26(34)30-22-16-33-15-21(19-4-9-35-10-5-19)29-25(33)14-23(22)32-7-11-36-12-8-32/h3,6,13-17,19,27H,4-5,7-12H2,1-2H3,(H,30,34). The van der Waals surface area contributed by atoms with E-state index in [1.807, 2.05) is 41.6 Å². The fourth-order valence-corrected chi connectivity index (χ4v) is 5.25. The summed E-state index contributed by atoms with van der Waals surface area (Å²) < 4.78 is 19.0. The molecule has 10 heteroatoms. The lowest BCUT2D eigenvalue weighted by Gasteiger charge is -2.30. The molecular formula is C27H32N6O4. The van der Waals surface area contributed by atoms with Crippen LogP contribution in [0.25, 0.3) is 5.65 Å². The molecule has 1 amide bonds. The van der Waals surface area contributed by atoms with Crippen LogP contribution in [0.15, 0.2) is 48.7 Å². The fourth-order valence-electron chi connectivity index (χ4n) is 5.25. The Morgan fingerprint density at radius 3 is 2.65 bits per heavy atom. The van der Waals surface area contributed by atoms with Gasteiger partial charge in [-0.15, -0.1) is 0 Å². The molecule has 0 spiro atoms. The Morgan fingerprint density at radius 2 is 1.86 bits per heavy atom. The van der Waals surface area contributed by atoms with Gasteiger partial charge in [-0.25, -0.2) is 4.98 Å². The Balaban J connectivity index is 1.28. The van der Waals surface area contributed by atoms with Crippen molar-refractivity contribution >= 4 is 22.9 Å². The molecule has 3 aliphatic heterocycles. The van der Waals surface area contributed by atoms with Crippen molar-refractivity contribution in [1.29, 1.82) is 0 Å². The molecule has 0 bridgehead atoms. The highest BCUT2D eigenvalue weighted by Crippen LogP contribution is 2.34. The summed E-state index contributed by atoms with van der Waals surface area (Å²) in [6.07, 6.45) is 8.90. The van der Waals surface area contributed by atoms with Crippen LogP contribution in [-0.4, -0.2) is 71.7 Å². The molecule has 0 aromatic carbocycles. The number of aromatic nitrogens is 3. The minimum absolute atomic E-state index is 0.227. The van der Waals surface area contributed by atoms with Crippen molar-refractivity contribution in [2.75, 3.05) is 56.8 Å². The third-order valence-corrected chi connectivity index (χ3v) is 7.31. The number of fused-ring (bicyclic) bond motifs is 1. The highest BCUT2D eigenvalue weighted by Gasteiger charge is 2.31. The molecule has 0 aliphatic carbocycles. The van der Waals surface area contributed by atoms with Crippen LogP contribution in [0.5, 0.6) is 0 Å². The molecular weight excluding hydrogens is 472 g/mol. The lowest BCUT2D eigenvalue weighted by atomic mass is 9.97. The average Bonchev–Trinajstić information content (AvgIpc) is 3.52. The molecule has 2 saturated heterocycles. The summed E-state index contributed by atoms with van der Waals surface area (Å²) in [5, 5.41) is 3.15. The van der Waals surface area contributed by atoms with Crippen molar-refractivity contribution in [3.8, 4) is 0 Å². The predicted octanol–water partition coefficient (Wildman–Crippen LogP) is 3.21. The van der Waals surface area contributed by atoms with Gasteiger partial charge < -0.3 is 33.7 Å². The molecule has 37 heavy (non-hydrogen) atoms. The fraction of sp³-hybridized carbons (Fsp3) is 0.444. The normalized spacial score (nSPS) is 20.7. The second-order valence-electron chi connectivity index (χ2n) is 9.78. The molecule has 3 aromatic rings. The number of carbonyl (C=O) groups is 1. The van der Waals surface area contributed by atoms with Crippen LogP contribution in [0.2, 0.25) is 0 Å². The van der Waals surface area contributed by atoms with E-state index in [-0.39, 0.29) is 12.1 Å². The highest BCUT2D eigenvalue weighted by molar-refractivity contribution is 6.05. The Kier molecular flexibility index (Phi) is 6.43. The van der Waals surface area contributed by atoms with Gasteiger partial charge in [-0.3, -0.25) is 9.78 Å². The number of carbonyl (C=O) groups excluding carboxylic acids is 1. The van der Waals surface area contributed by atoms with Crippen molar-refractivity contribution in [3.05, 3.63) is 65.7 Å². The zero-order valence-corrected chi connectivity index (χ0v) is 21.2. The maximum atomic E-state index is 13.5. The first-order chi connectivity index (χ1) is 18.1. The molecule has 1 unspecified atom stereocenters. The van der Waals surface area contributed by atoms with Crippen LogP contribution >= 0.6 is 0 Å². The number of hydrogen-bond acceptors (Lipinski definition) is 8. The minimum Gasteiger partial charge on any atom is -0.472 e. The number of likely N-dealkylation sites (N-methyl/N-ethyl adjacent to an activating group) is 1. The van der Waals surface area contributed by atoms with Crippen molar-refractivity contribution in [1.82, 2.24) is 19.3 Å². The maximum Gasteiger partial charge on any atom is 0.275 e. The number of nitrogens with one attached hydrogen (secondary N) is 1. The number of pyridine rings is 2. The quantitative estimate of drug-likeness (QED) is 0.566. The van der Waals surface area contributed by atoms with Crippen LogP contribution < -0.4 is 10.2 Å². The summed E-state index contributed by atoms with van der Waals surface area (Å²) in [5.74, 6) is 0.163. The molecule has 3 aliphatic rings. The molecule has 1 N–H and O–H groups in total. The van der Waals surface area contributed by atoms with Gasteiger partial charge in [0, 0.05) is 75.2 Å². The zero-order chi connectivity index (χ0) is 25.4. The molecule has 10 nitrogen and oxygen atoms in total. The molecule has 0 saturated carbocycles. The van der Waals surface area contributed by atoms with Crippen molar-refractivity contribution in [2.45, 2.75) is 31.9 Å². The largest absolute Gasteiger partial charge is 0.472 e. The zero-order valence-electron chi connectivity index (χ0n) is 21.2. The number of ether oxygens (including phenoxy) is 3. The lowest BCUT2D eigenvalue weighted by Crippen LogP contribution is -2.37. The number of imidazole rings is 1. The summed E-state index contributed by atoms with van der Waals surface area (Å²) in [7, 11) is 1.86. The Bertz CT molecular complexity index is 1330. The van der Waals surface area contributed by atoms with E-state index in [4.69, 9.17) is 19.2 Å². The number of nitrogens with zero attached hydrogens (tertiary/aromatic N) is 5. The topological polar surface area (TPSA) is 93.5 Å². The van der Waals surface area contributed by atoms with Gasteiger partial charge >= 0.3 is 0 Å². The average molecular weight is 505 g/mol. The van der Waals surface area contributed by atoms with E-state index in [2.05, 4.69) is 27.5 Å². The highest BCUT2D eigenvalue weighted by atomic mass is 16.5. The molecule has 2 fully saturated rings. The monoisotopic (exact) mass is 504 g/mol. The van der Waals surface area contributed by atoms with Gasteiger partial charge in [0.2, 0.25) is 0 Å². The first-order valence-electron chi connectivity index (χ1n) is 12.8. The van der Waals surface area contributed by atoms with Crippen molar-refractivity contribution in [2.24, 2.45) is 0 Å². The Hall–Kier alpha value is -3.63. The van der Waals surface area contributed by atoms with Crippen LogP contribution in [-0.2, 0) is 19.0 Å². The molecule has 6 heterocycles. The first-order valence-corrected chi connectivity index (χ1v) is 12.8. The maximum absolute atomic E-state index is 13.5. The number of morpholine rings is 1. The number of hydrogen-bond donors (Lipinski definition) is 1. The molecule has 1 atom stereocenters. The van der Waals surface area contributed by atoms with Crippen LogP contribution in [0.1, 0.15) is 41.9 Å². The minimum atomic E-state index is -0.376. The van der Waals surface area contributed by atoms with E-state index in [9.17, 15) is 4.79 Å². The van der Waals surface area contributed by atoms with Gasteiger partial charge in [0.25, 0.3) is 5.91 Å². The van der Waals surface area contributed by atoms with E-state index in [0.717, 1.165) is 73.1 Å². The SMILES string of the molecule is Cc1cc(C2OC=C(C(=O)Nc3cn4cc(C5CCOCC5)nc4cc3N3CCOCC3)N2C)ccn1. The predicted molar refractivity (Wildman–Crippen MR) is 138 cm³/mol. The van der Waals surface area contributed by atoms with Gasteiger partial charge in [-0.1, -0.05) is 0 Å². The van der Waals surface area contributed by atoms with Crippen LogP contribution in [0.4, 0.5) is 11.4 Å². The van der Waals surface area contributed by atoms with Crippen LogP contribution in [0.3, 0.4) is 0 Å². The van der Waals surface area contributed by atoms with E-state index in [1.54, 1.807) is 6.20 Å². The van der Waals surface area contributed by atoms with E-state index >= 15 is 0 Å². The van der Waals surface area contributed by atoms with E-state index < -0.39 is 0 Å².